The Balaban J connectivity index is 3.29. The van der Waals surface area contributed by atoms with Crippen molar-refractivity contribution in [2.24, 2.45) is 7.05 Å². The number of aromatic nitrogens is 2. The Morgan fingerprint density at radius 1 is 1.78 bits per heavy atom. The van der Waals surface area contributed by atoms with Crippen molar-refractivity contribution in [1.82, 2.24) is 9.78 Å². The summed E-state index contributed by atoms with van der Waals surface area (Å²) in [4.78, 5) is 0. The summed E-state index contributed by atoms with van der Waals surface area (Å²) >= 11 is 5.32. The van der Waals surface area contributed by atoms with Crippen LogP contribution in [0.15, 0.2) is 0 Å². The normalized spacial score (nSPS) is 10.1. The molecule has 1 rings (SSSR count). The van der Waals surface area contributed by atoms with E-state index in [2.05, 4.69) is 5.10 Å². The number of nitrogen functional groups attached to an aromatic ring is 1. The van der Waals surface area contributed by atoms with Crippen molar-refractivity contribution in [1.29, 1.82) is 0 Å². The summed E-state index contributed by atoms with van der Waals surface area (Å²) in [7, 11) is 1.43. The molecule has 5 heteroatoms. The minimum atomic E-state index is -0.603. The van der Waals surface area contributed by atoms with E-state index in [-0.39, 0.29) is 10.8 Å². The Hall–Kier alpha value is -0.770. The van der Waals surface area contributed by atoms with Crippen molar-refractivity contribution in [3.8, 4) is 0 Å². The van der Waals surface area contributed by atoms with Gasteiger partial charge in [-0.25, -0.2) is 4.68 Å². The quantitative estimate of drug-likeness (QED) is 0.593. The van der Waals surface area contributed by atoms with E-state index in [9.17, 15) is 4.39 Å². The molecule has 0 unspecified atom stereocenters. The minimum absolute atomic E-state index is 0.0247. The van der Waals surface area contributed by atoms with E-state index < -0.39 is 5.95 Å². The zero-order valence-corrected chi connectivity index (χ0v) is 5.48. The van der Waals surface area contributed by atoms with Crippen LogP contribution in [-0.2, 0) is 7.05 Å². The lowest BCUT2D eigenvalue weighted by Crippen LogP contribution is -1.93. The molecule has 0 aliphatic heterocycles. The molecule has 0 saturated heterocycles. The first-order chi connectivity index (χ1) is 4.13. The molecule has 1 heterocycles. The van der Waals surface area contributed by atoms with E-state index in [4.69, 9.17) is 17.3 Å². The third kappa shape index (κ3) is 0.853. The van der Waals surface area contributed by atoms with Crippen LogP contribution in [0.4, 0.5) is 10.2 Å². The number of anilines is 1. The summed E-state index contributed by atoms with van der Waals surface area (Å²) < 4.78 is 13.4. The van der Waals surface area contributed by atoms with E-state index in [1.165, 1.54) is 7.05 Å². The monoisotopic (exact) mass is 149 g/mol. The second kappa shape index (κ2) is 1.88. The summed E-state index contributed by atoms with van der Waals surface area (Å²) in [6.45, 7) is 0. The summed E-state index contributed by atoms with van der Waals surface area (Å²) in [5, 5.41) is 3.38. The van der Waals surface area contributed by atoms with Crippen LogP contribution in [0.5, 0.6) is 0 Å². The van der Waals surface area contributed by atoms with Crippen LogP contribution in [0, 0.1) is 5.95 Å². The lowest BCUT2D eigenvalue weighted by atomic mass is 10.6. The molecule has 0 aliphatic rings. The van der Waals surface area contributed by atoms with Gasteiger partial charge in [0, 0.05) is 7.05 Å². The van der Waals surface area contributed by atoms with Crippen LogP contribution >= 0.6 is 11.6 Å². The topological polar surface area (TPSA) is 43.8 Å². The van der Waals surface area contributed by atoms with Crippen molar-refractivity contribution in [2.45, 2.75) is 0 Å². The van der Waals surface area contributed by atoms with Gasteiger partial charge < -0.3 is 5.73 Å². The fraction of sp³-hybridized carbons (Fsp3) is 0.250. The van der Waals surface area contributed by atoms with Gasteiger partial charge >= 0.3 is 0 Å². The molecular formula is C4H5ClFN3. The smallest absolute Gasteiger partial charge is 0.232 e. The molecule has 0 aliphatic carbocycles. The first kappa shape index (κ1) is 6.35. The van der Waals surface area contributed by atoms with Crippen molar-refractivity contribution in [3.05, 3.63) is 11.0 Å². The number of halogens is 2. The Kier molecular flexibility index (Phi) is 1.32. The SMILES string of the molecule is Cn1nc(N)c(Cl)c1F. The number of hydrogen-bond donors (Lipinski definition) is 1. The van der Waals surface area contributed by atoms with Gasteiger partial charge in [-0.15, -0.1) is 0 Å². The average Bonchev–Trinajstić information content (AvgIpc) is 1.98. The largest absolute Gasteiger partial charge is 0.381 e. The molecule has 0 bridgehead atoms. The van der Waals surface area contributed by atoms with Crippen molar-refractivity contribution in [2.75, 3.05) is 5.73 Å². The molecule has 0 spiro atoms. The molecule has 0 saturated carbocycles. The molecule has 0 amide bonds. The van der Waals surface area contributed by atoms with Gasteiger partial charge in [-0.05, 0) is 0 Å². The maximum absolute atomic E-state index is 12.4. The maximum atomic E-state index is 12.4. The first-order valence-corrected chi connectivity index (χ1v) is 2.64. The van der Waals surface area contributed by atoms with Gasteiger partial charge in [-0.3, -0.25) is 0 Å². The van der Waals surface area contributed by atoms with Crippen LogP contribution < -0.4 is 5.73 Å². The average molecular weight is 150 g/mol. The zero-order valence-electron chi connectivity index (χ0n) is 4.73. The van der Waals surface area contributed by atoms with E-state index in [0.29, 0.717) is 0 Å². The van der Waals surface area contributed by atoms with Crippen LogP contribution in [-0.4, -0.2) is 9.78 Å². The standard InChI is InChI=1S/C4H5ClFN3/c1-9-3(6)2(5)4(7)8-9/h1H3,(H2,7,8). The third-order valence-electron chi connectivity index (χ3n) is 0.948. The summed E-state index contributed by atoms with van der Waals surface area (Å²) in [5.41, 5.74) is 5.14. The molecule has 3 nitrogen and oxygen atoms in total. The molecule has 1 aromatic rings. The number of hydrogen-bond acceptors (Lipinski definition) is 2. The molecule has 0 radical (unpaired) electrons. The van der Waals surface area contributed by atoms with Crippen LogP contribution in [0.2, 0.25) is 5.02 Å². The lowest BCUT2D eigenvalue weighted by molar-refractivity contribution is 0.504. The van der Waals surface area contributed by atoms with Crippen molar-refractivity contribution >= 4 is 17.4 Å². The van der Waals surface area contributed by atoms with Crippen LogP contribution in [0.3, 0.4) is 0 Å². The zero-order chi connectivity index (χ0) is 7.02. The fourth-order valence-corrected chi connectivity index (χ4v) is 0.657. The number of rotatable bonds is 0. The molecule has 0 fully saturated rings. The highest BCUT2D eigenvalue weighted by atomic mass is 35.5. The Labute approximate surface area is 56.2 Å². The van der Waals surface area contributed by atoms with E-state index in [0.717, 1.165) is 4.68 Å². The van der Waals surface area contributed by atoms with E-state index in [1.807, 2.05) is 0 Å². The predicted octanol–water partition coefficient (Wildman–Crippen LogP) is 0.795. The highest BCUT2D eigenvalue weighted by Crippen LogP contribution is 2.19. The minimum Gasteiger partial charge on any atom is -0.381 e. The highest BCUT2D eigenvalue weighted by molar-refractivity contribution is 6.32. The second-order valence-electron chi connectivity index (χ2n) is 1.61. The van der Waals surface area contributed by atoms with Crippen molar-refractivity contribution in [3.63, 3.8) is 0 Å². The predicted molar refractivity (Wildman–Crippen MR) is 32.6 cm³/mol. The molecule has 0 atom stereocenters. The van der Waals surface area contributed by atoms with Crippen LogP contribution in [0.1, 0.15) is 0 Å². The molecular weight excluding hydrogens is 145 g/mol. The molecule has 9 heavy (non-hydrogen) atoms. The van der Waals surface area contributed by atoms with Gasteiger partial charge in [0.05, 0.1) is 0 Å². The van der Waals surface area contributed by atoms with Gasteiger partial charge in [0.2, 0.25) is 5.95 Å². The lowest BCUT2D eigenvalue weighted by Gasteiger charge is -1.84. The molecule has 0 aromatic carbocycles. The highest BCUT2D eigenvalue weighted by Gasteiger charge is 2.09. The maximum Gasteiger partial charge on any atom is 0.232 e. The van der Waals surface area contributed by atoms with Gasteiger partial charge in [-0.1, -0.05) is 11.6 Å². The van der Waals surface area contributed by atoms with Crippen molar-refractivity contribution < 1.29 is 4.39 Å². The third-order valence-corrected chi connectivity index (χ3v) is 1.30. The van der Waals surface area contributed by atoms with Crippen LogP contribution in [0.25, 0.3) is 0 Å². The van der Waals surface area contributed by atoms with Gasteiger partial charge in [0.15, 0.2) is 5.82 Å². The molecule has 50 valence electrons. The fourth-order valence-electron chi connectivity index (χ4n) is 0.497. The molecule has 2 N–H and O–H groups in total. The number of nitrogens with two attached hydrogens (primary N) is 1. The van der Waals surface area contributed by atoms with Gasteiger partial charge in [-0.2, -0.15) is 9.49 Å². The molecule has 1 aromatic heterocycles. The summed E-state index contributed by atoms with van der Waals surface area (Å²) in [6, 6.07) is 0. The number of nitrogens with zero attached hydrogens (tertiary/aromatic N) is 2. The Morgan fingerprint density at radius 3 is 2.44 bits per heavy atom. The Bertz CT molecular complexity index is 209. The summed E-state index contributed by atoms with van der Waals surface area (Å²) in [6.07, 6.45) is 0. The Morgan fingerprint density at radius 2 is 2.33 bits per heavy atom. The number of aryl methyl sites for hydroxylation is 1. The van der Waals surface area contributed by atoms with Gasteiger partial charge in [0.25, 0.3) is 0 Å². The summed E-state index contributed by atoms with van der Waals surface area (Å²) in [5.74, 6) is -0.578. The second-order valence-corrected chi connectivity index (χ2v) is 1.99. The van der Waals surface area contributed by atoms with E-state index in [1.54, 1.807) is 0 Å². The van der Waals surface area contributed by atoms with E-state index >= 15 is 0 Å². The van der Waals surface area contributed by atoms with Gasteiger partial charge in [0.1, 0.15) is 5.02 Å². The first-order valence-electron chi connectivity index (χ1n) is 2.26.